The Morgan fingerprint density at radius 1 is 1.16 bits per heavy atom. The molecule has 0 fully saturated rings. The van der Waals surface area contributed by atoms with Crippen molar-refractivity contribution in [2.45, 2.75) is 26.4 Å². The molecule has 0 bridgehead atoms. The van der Waals surface area contributed by atoms with Crippen molar-refractivity contribution in [2.75, 3.05) is 33.9 Å². The topological polar surface area (TPSA) is 41.9 Å². The normalized spacial score (nSPS) is 12.5. The van der Waals surface area contributed by atoms with Gasteiger partial charge in [0.1, 0.15) is 0 Å². The summed E-state index contributed by atoms with van der Waals surface area (Å²) in [4.78, 5) is 2.24. The molecule has 1 N–H and O–H groups in total. The lowest BCUT2D eigenvalue weighted by Crippen LogP contribution is -2.29. The van der Waals surface area contributed by atoms with E-state index in [1.54, 1.807) is 14.2 Å². The Hall–Kier alpha value is -1.26. The molecule has 1 rings (SSSR count). The Bertz CT molecular complexity index is 382. The van der Waals surface area contributed by atoms with Gasteiger partial charge < -0.3 is 19.5 Å². The van der Waals surface area contributed by atoms with Gasteiger partial charge in [-0.1, -0.05) is 19.9 Å². The second-order valence-electron chi connectivity index (χ2n) is 4.52. The zero-order valence-electron chi connectivity index (χ0n) is 12.3. The summed E-state index contributed by atoms with van der Waals surface area (Å²) in [5.41, 5.74) is 0.854. The third-order valence-electron chi connectivity index (χ3n) is 3.21. The summed E-state index contributed by atoms with van der Waals surface area (Å²) in [6, 6.07) is 5.54. The zero-order valence-corrected chi connectivity index (χ0v) is 12.3. The number of hydrogen-bond donors (Lipinski definition) is 1. The molecule has 0 heterocycles. The summed E-state index contributed by atoms with van der Waals surface area (Å²) >= 11 is 0. The Labute approximate surface area is 115 Å². The standard InChI is InChI=1S/C15H25NO3/c1-5-9-16(6-2)11-13(17)12-7-8-14(18-3)15(10-12)19-4/h7-8,10,13,17H,5-6,9,11H2,1-4H3. The zero-order chi connectivity index (χ0) is 14.3. The summed E-state index contributed by atoms with van der Waals surface area (Å²) < 4.78 is 10.5. The van der Waals surface area contributed by atoms with E-state index in [0.29, 0.717) is 18.0 Å². The van der Waals surface area contributed by atoms with Gasteiger partial charge in [-0.2, -0.15) is 0 Å². The number of nitrogens with zero attached hydrogens (tertiary/aromatic N) is 1. The maximum absolute atomic E-state index is 10.3. The van der Waals surface area contributed by atoms with Crippen molar-refractivity contribution in [3.05, 3.63) is 23.8 Å². The monoisotopic (exact) mass is 267 g/mol. The van der Waals surface area contributed by atoms with Crippen LogP contribution in [-0.2, 0) is 0 Å². The lowest BCUT2D eigenvalue weighted by Gasteiger charge is -2.23. The van der Waals surface area contributed by atoms with E-state index in [0.717, 1.165) is 25.1 Å². The van der Waals surface area contributed by atoms with Crippen molar-refractivity contribution >= 4 is 0 Å². The number of rotatable bonds is 8. The van der Waals surface area contributed by atoms with Gasteiger partial charge in [0.15, 0.2) is 11.5 Å². The van der Waals surface area contributed by atoms with E-state index in [4.69, 9.17) is 9.47 Å². The second kappa shape index (κ2) is 8.02. The molecule has 1 atom stereocenters. The minimum absolute atomic E-state index is 0.508. The van der Waals surface area contributed by atoms with Crippen LogP contribution in [-0.4, -0.2) is 43.9 Å². The molecule has 4 heteroatoms. The van der Waals surface area contributed by atoms with Crippen LogP contribution < -0.4 is 9.47 Å². The van der Waals surface area contributed by atoms with E-state index in [2.05, 4.69) is 18.7 Å². The first kappa shape index (κ1) is 15.8. The molecule has 108 valence electrons. The van der Waals surface area contributed by atoms with Gasteiger partial charge in [0.2, 0.25) is 0 Å². The molecule has 0 aliphatic rings. The van der Waals surface area contributed by atoms with Crippen LogP contribution in [0.1, 0.15) is 31.9 Å². The van der Waals surface area contributed by atoms with Crippen LogP contribution in [0.15, 0.2) is 18.2 Å². The number of likely N-dealkylation sites (N-methyl/N-ethyl adjacent to an activating group) is 1. The SMILES string of the molecule is CCCN(CC)CC(O)c1ccc(OC)c(OC)c1. The largest absolute Gasteiger partial charge is 0.493 e. The summed E-state index contributed by atoms with van der Waals surface area (Å²) in [5.74, 6) is 1.33. The number of methoxy groups -OCH3 is 2. The van der Waals surface area contributed by atoms with Gasteiger partial charge in [-0.3, -0.25) is 0 Å². The fourth-order valence-corrected chi connectivity index (χ4v) is 2.10. The lowest BCUT2D eigenvalue weighted by molar-refractivity contribution is 0.116. The Kier molecular flexibility index (Phi) is 6.67. The number of benzene rings is 1. The fourth-order valence-electron chi connectivity index (χ4n) is 2.10. The van der Waals surface area contributed by atoms with Crippen LogP contribution in [0.4, 0.5) is 0 Å². The summed E-state index contributed by atoms with van der Waals surface area (Å²) in [6.07, 6.45) is 0.582. The van der Waals surface area contributed by atoms with Crippen LogP contribution in [0.2, 0.25) is 0 Å². The lowest BCUT2D eigenvalue weighted by atomic mass is 10.1. The summed E-state index contributed by atoms with van der Waals surface area (Å²) in [5, 5.41) is 10.3. The highest BCUT2D eigenvalue weighted by Gasteiger charge is 2.14. The van der Waals surface area contributed by atoms with Crippen LogP contribution in [0, 0.1) is 0 Å². The Balaban J connectivity index is 2.78. The highest BCUT2D eigenvalue weighted by atomic mass is 16.5. The number of aliphatic hydroxyl groups excluding tert-OH is 1. The van der Waals surface area contributed by atoms with Crippen molar-refractivity contribution in [2.24, 2.45) is 0 Å². The molecule has 1 unspecified atom stereocenters. The van der Waals surface area contributed by atoms with E-state index in [9.17, 15) is 5.11 Å². The smallest absolute Gasteiger partial charge is 0.161 e. The van der Waals surface area contributed by atoms with Gasteiger partial charge in [0, 0.05) is 6.54 Å². The van der Waals surface area contributed by atoms with Gasteiger partial charge in [-0.15, -0.1) is 0 Å². The first-order chi connectivity index (χ1) is 9.15. The molecule has 4 nitrogen and oxygen atoms in total. The number of aliphatic hydroxyl groups is 1. The highest BCUT2D eigenvalue weighted by Crippen LogP contribution is 2.30. The molecule has 0 amide bonds. The molecule has 0 saturated heterocycles. The van der Waals surface area contributed by atoms with E-state index in [1.807, 2.05) is 18.2 Å². The van der Waals surface area contributed by atoms with Gasteiger partial charge in [-0.05, 0) is 37.2 Å². The van der Waals surface area contributed by atoms with E-state index < -0.39 is 6.10 Å². The third kappa shape index (κ3) is 4.40. The van der Waals surface area contributed by atoms with Crippen LogP contribution in [0.3, 0.4) is 0 Å². The van der Waals surface area contributed by atoms with Crippen molar-refractivity contribution in [3.63, 3.8) is 0 Å². The van der Waals surface area contributed by atoms with Crippen molar-refractivity contribution in [1.82, 2.24) is 4.90 Å². The Morgan fingerprint density at radius 3 is 2.37 bits per heavy atom. The van der Waals surface area contributed by atoms with E-state index in [-0.39, 0.29) is 0 Å². The predicted molar refractivity (Wildman–Crippen MR) is 76.9 cm³/mol. The molecule has 1 aromatic carbocycles. The average molecular weight is 267 g/mol. The van der Waals surface area contributed by atoms with Gasteiger partial charge in [-0.25, -0.2) is 0 Å². The number of hydrogen-bond acceptors (Lipinski definition) is 4. The van der Waals surface area contributed by atoms with Gasteiger partial charge >= 0.3 is 0 Å². The van der Waals surface area contributed by atoms with Crippen LogP contribution >= 0.6 is 0 Å². The summed E-state index contributed by atoms with van der Waals surface area (Å²) in [7, 11) is 3.21. The van der Waals surface area contributed by atoms with E-state index in [1.165, 1.54) is 0 Å². The van der Waals surface area contributed by atoms with Crippen molar-refractivity contribution < 1.29 is 14.6 Å². The maximum atomic E-state index is 10.3. The Morgan fingerprint density at radius 2 is 1.84 bits per heavy atom. The molecule has 0 saturated carbocycles. The molecular weight excluding hydrogens is 242 g/mol. The van der Waals surface area contributed by atoms with E-state index >= 15 is 0 Å². The van der Waals surface area contributed by atoms with Gasteiger partial charge in [0.05, 0.1) is 20.3 Å². The molecule has 0 radical (unpaired) electrons. The fraction of sp³-hybridized carbons (Fsp3) is 0.600. The van der Waals surface area contributed by atoms with Crippen molar-refractivity contribution in [1.29, 1.82) is 0 Å². The third-order valence-corrected chi connectivity index (χ3v) is 3.21. The highest BCUT2D eigenvalue weighted by molar-refractivity contribution is 5.43. The molecular formula is C15H25NO3. The first-order valence-corrected chi connectivity index (χ1v) is 6.78. The molecule has 0 aliphatic heterocycles. The van der Waals surface area contributed by atoms with Gasteiger partial charge in [0.25, 0.3) is 0 Å². The minimum atomic E-state index is -0.508. The average Bonchev–Trinajstić information content (AvgIpc) is 2.45. The van der Waals surface area contributed by atoms with Crippen molar-refractivity contribution in [3.8, 4) is 11.5 Å². The number of ether oxygens (including phenoxy) is 2. The molecule has 0 aliphatic carbocycles. The quantitative estimate of drug-likeness (QED) is 0.785. The first-order valence-electron chi connectivity index (χ1n) is 6.78. The van der Waals surface area contributed by atoms with Crippen LogP contribution in [0.25, 0.3) is 0 Å². The predicted octanol–water partition coefficient (Wildman–Crippen LogP) is 2.47. The molecule has 1 aromatic rings. The minimum Gasteiger partial charge on any atom is -0.493 e. The summed E-state index contributed by atoms with van der Waals surface area (Å²) in [6.45, 7) is 6.83. The second-order valence-corrected chi connectivity index (χ2v) is 4.52. The molecule has 19 heavy (non-hydrogen) atoms. The molecule has 0 aromatic heterocycles. The maximum Gasteiger partial charge on any atom is 0.161 e. The molecule has 0 spiro atoms. The van der Waals surface area contributed by atoms with Crippen LogP contribution in [0.5, 0.6) is 11.5 Å².